The Balaban J connectivity index is 1.30. The van der Waals surface area contributed by atoms with Gasteiger partial charge in [-0.1, -0.05) is 30.3 Å². The average molecular weight is 421 g/mol. The van der Waals surface area contributed by atoms with Gasteiger partial charge in [-0.3, -0.25) is 14.5 Å². The lowest BCUT2D eigenvalue weighted by Crippen LogP contribution is -2.47. The van der Waals surface area contributed by atoms with Crippen LogP contribution in [0.25, 0.3) is 0 Å². The van der Waals surface area contributed by atoms with Gasteiger partial charge in [0.05, 0.1) is 6.04 Å². The summed E-state index contributed by atoms with van der Waals surface area (Å²) < 4.78 is 10.7. The number of imide groups is 1. The number of amides is 4. The topological polar surface area (TPSA) is 97.0 Å². The summed E-state index contributed by atoms with van der Waals surface area (Å²) in [6.45, 7) is 1.68. The Labute approximate surface area is 179 Å². The zero-order chi connectivity index (χ0) is 21.6. The maximum absolute atomic E-state index is 13.3. The lowest BCUT2D eigenvalue weighted by molar-refractivity contribution is -0.135. The van der Waals surface area contributed by atoms with Gasteiger partial charge in [-0.2, -0.15) is 0 Å². The normalized spacial score (nSPS) is 22.3. The van der Waals surface area contributed by atoms with E-state index in [0.717, 1.165) is 34.4 Å². The van der Waals surface area contributed by atoms with Crippen molar-refractivity contribution in [2.24, 2.45) is 0 Å². The van der Waals surface area contributed by atoms with Gasteiger partial charge in [-0.15, -0.1) is 0 Å². The van der Waals surface area contributed by atoms with Crippen molar-refractivity contribution in [1.29, 1.82) is 0 Å². The van der Waals surface area contributed by atoms with E-state index in [9.17, 15) is 14.4 Å². The maximum Gasteiger partial charge on any atom is 0.325 e. The summed E-state index contributed by atoms with van der Waals surface area (Å²) in [5.74, 6) is 0.524. The Kier molecular flexibility index (Phi) is 4.57. The van der Waals surface area contributed by atoms with E-state index in [4.69, 9.17) is 9.47 Å². The van der Waals surface area contributed by atoms with Crippen LogP contribution in [0.2, 0.25) is 0 Å². The van der Waals surface area contributed by atoms with Gasteiger partial charge in [0, 0.05) is 0 Å². The molecule has 0 aromatic heterocycles. The van der Waals surface area contributed by atoms with Gasteiger partial charge in [0.1, 0.15) is 12.1 Å². The third-order valence-corrected chi connectivity index (χ3v) is 6.23. The Hall–Kier alpha value is -3.55. The molecule has 0 radical (unpaired) electrons. The number of nitrogens with zero attached hydrogens (tertiary/aromatic N) is 1. The van der Waals surface area contributed by atoms with Crippen molar-refractivity contribution in [3.63, 3.8) is 0 Å². The monoisotopic (exact) mass is 421 g/mol. The van der Waals surface area contributed by atoms with E-state index in [1.54, 1.807) is 6.07 Å². The Bertz CT molecular complexity index is 1080. The maximum atomic E-state index is 13.3. The molecule has 1 fully saturated rings. The van der Waals surface area contributed by atoms with Gasteiger partial charge < -0.3 is 20.1 Å². The summed E-state index contributed by atoms with van der Waals surface area (Å²) >= 11 is 0. The number of benzene rings is 2. The van der Waals surface area contributed by atoms with Crippen molar-refractivity contribution < 1.29 is 23.9 Å². The first-order valence-electron chi connectivity index (χ1n) is 10.4. The van der Waals surface area contributed by atoms with Crippen molar-refractivity contribution in [1.82, 2.24) is 15.5 Å². The minimum Gasteiger partial charge on any atom is -0.454 e. The molecule has 2 heterocycles. The van der Waals surface area contributed by atoms with Gasteiger partial charge in [0.2, 0.25) is 12.7 Å². The third-order valence-electron chi connectivity index (χ3n) is 6.23. The molecule has 1 aliphatic carbocycles. The quantitative estimate of drug-likeness (QED) is 0.739. The summed E-state index contributed by atoms with van der Waals surface area (Å²) in [5.41, 5.74) is 1.66. The molecule has 31 heavy (non-hydrogen) atoms. The molecule has 4 amide bonds. The van der Waals surface area contributed by atoms with E-state index in [1.807, 2.05) is 43.3 Å². The summed E-state index contributed by atoms with van der Waals surface area (Å²) in [4.78, 5) is 39.7. The minimum absolute atomic E-state index is 0.177. The van der Waals surface area contributed by atoms with Gasteiger partial charge in [-0.25, -0.2) is 4.79 Å². The highest BCUT2D eigenvalue weighted by Crippen LogP contribution is 2.40. The zero-order valence-electron chi connectivity index (χ0n) is 17.1. The molecule has 3 aliphatic rings. The standard InChI is InChI=1S/C23H23N3O5/c1-14(16-8-9-18-19(11-16)31-13-30-18)24-20(27)12-26-21(28)23(25-22(26)29)10-4-6-15-5-2-3-7-17(15)23/h2-3,5,7-9,11,14H,4,6,10,12-13H2,1H3,(H,24,27)(H,25,29). The second-order valence-electron chi connectivity index (χ2n) is 8.14. The SMILES string of the molecule is CC(NC(=O)CN1C(=O)NC2(CCCc3ccccc32)C1=O)c1ccc2c(c1)OCO2. The number of ether oxygens (including phenoxy) is 2. The number of hydrogen-bond donors (Lipinski definition) is 2. The molecule has 0 saturated carbocycles. The van der Waals surface area contributed by atoms with Crippen LogP contribution in [0.4, 0.5) is 4.79 Å². The fourth-order valence-corrected chi connectivity index (χ4v) is 4.65. The van der Waals surface area contributed by atoms with Crippen LogP contribution in [0.5, 0.6) is 11.5 Å². The van der Waals surface area contributed by atoms with E-state index in [0.29, 0.717) is 17.9 Å². The molecule has 2 atom stereocenters. The first-order chi connectivity index (χ1) is 15.0. The Morgan fingerprint density at radius 1 is 1.19 bits per heavy atom. The molecule has 2 N–H and O–H groups in total. The first kappa shape index (κ1) is 19.4. The van der Waals surface area contributed by atoms with Crippen LogP contribution in [0.3, 0.4) is 0 Å². The molecular weight excluding hydrogens is 398 g/mol. The number of rotatable bonds is 4. The van der Waals surface area contributed by atoms with Crippen molar-refractivity contribution in [3.8, 4) is 11.5 Å². The Morgan fingerprint density at radius 2 is 2.00 bits per heavy atom. The highest BCUT2D eigenvalue weighted by atomic mass is 16.7. The molecule has 8 heteroatoms. The molecule has 2 aromatic rings. The van der Waals surface area contributed by atoms with Crippen LogP contribution in [0.1, 0.15) is 42.5 Å². The Morgan fingerprint density at radius 3 is 2.87 bits per heavy atom. The molecule has 1 saturated heterocycles. The molecule has 2 unspecified atom stereocenters. The smallest absolute Gasteiger partial charge is 0.325 e. The van der Waals surface area contributed by atoms with Crippen LogP contribution >= 0.6 is 0 Å². The molecule has 2 aliphatic heterocycles. The second kappa shape index (κ2) is 7.30. The van der Waals surface area contributed by atoms with Crippen molar-refractivity contribution >= 4 is 17.8 Å². The van der Waals surface area contributed by atoms with Crippen LogP contribution in [-0.4, -0.2) is 36.1 Å². The lowest BCUT2D eigenvalue weighted by Gasteiger charge is -2.33. The molecule has 160 valence electrons. The fraction of sp³-hybridized carbons (Fsp3) is 0.348. The molecular formula is C23H23N3O5. The molecule has 5 rings (SSSR count). The number of carbonyl (C=O) groups excluding carboxylic acids is 3. The van der Waals surface area contributed by atoms with Crippen molar-refractivity contribution in [2.45, 2.75) is 37.8 Å². The number of aryl methyl sites for hydroxylation is 1. The van der Waals surface area contributed by atoms with Gasteiger partial charge in [0.25, 0.3) is 5.91 Å². The molecule has 8 nitrogen and oxygen atoms in total. The van der Waals surface area contributed by atoms with Gasteiger partial charge in [0.15, 0.2) is 11.5 Å². The number of nitrogens with one attached hydrogen (secondary N) is 2. The highest BCUT2D eigenvalue weighted by molar-refractivity contribution is 6.09. The van der Waals surface area contributed by atoms with Crippen molar-refractivity contribution in [3.05, 3.63) is 59.2 Å². The summed E-state index contributed by atoms with van der Waals surface area (Å²) in [7, 11) is 0. The molecule has 0 bridgehead atoms. The summed E-state index contributed by atoms with van der Waals surface area (Å²) in [5, 5.41) is 5.73. The van der Waals surface area contributed by atoms with Gasteiger partial charge in [-0.05, 0) is 55.0 Å². The largest absolute Gasteiger partial charge is 0.454 e. The lowest BCUT2D eigenvalue weighted by atomic mass is 9.76. The second-order valence-corrected chi connectivity index (χ2v) is 8.14. The van der Waals surface area contributed by atoms with E-state index >= 15 is 0 Å². The van der Waals surface area contributed by atoms with E-state index in [2.05, 4.69) is 10.6 Å². The fourth-order valence-electron chi connectivity index (χ4n) is 4.65. The minimum atomic E-state index is -1.07. The summed E-state index contributed by atoms with van der Waals surface area (Å²) in [6, 6.07) is 12.3. The highest BCUT2D eigenvalue weighted by Gasteiger charge is 2.54. The van der Waals surface area contributed by atoms with Crippen LogP contribution in [-0.2, 0) is 21.5 Å². The molecule has 1 spiro atoms. The number of fused-ring (bicyclic) bond motifs is 3. The van der Waals surface area contributed by atoms with E-state index < -0.39 is 17.5 Å². The van der Waals surface area contributed by atoms with Gasteiger partial charge >= 0.3 is 6.03 Å². The van der Waals surface area contributed by atoms with Crippen LogP contribution < -0.4 is 20.1 Å². The predicted molar refractivity (Wildman–Crippen MR) is 110 cm³/mol. The molecule has 2 aromatic carbocycles. The summed E-state index contributed by atoms with van der Waals surface area (Å²) in [6.07, 6.45) is 2.19. The zero-order valence-corrected chi connectivity index (χ0v) is 17.1. The third kappa shape index (κ3) is 3.19. The van der Waals surface area contributed by atoms with E-state index in [1.165, 1.54) is 0 Å². The first-order valence-corrected chi connectivity index (χ1v) is 10.4. The number of hydrogen-bond acceptors (Lipinski definition) is 5. The van der Waals surface area contributed by atoms with E-state index in [-0.39, 0.29) is 25.3 Å². The number of urea groups is 1. The number of carbonyl (C=O) groups is 3. The van der Waals surface area contributed by atoms with Crippen molar-refractivity contribution in [2.75, 3.05) is 13.3 Å². The predicted octanol–water partition coefficient (Wildman–Crippen LogP) is 2.38. The average Bonchev–Trinajstić information content (AvgIpc) is 3.32. The van der Waals surface area contributed by atoms with Crippen LogP contribution in [0, 0.1) is 0 Å². The van der Waals surface area contributed by atoms with Crippen LogP contribution in [0.15, 0.2) is 42.5 Å².